The third-order valence-corrected chi connectivity index (χ3v) is 2.86. The molecule has 0 aliphatic carbocycles. The molecule has 0 saturated heterocycles. The maximum absolute atomic E-state index is 4.32. The zero-order valence-electron chi connectivity index (χ0n) is 10.6. The maximum Gasteiger partial charge on any atom is 0.151 e. The van der Waals surface area contributed by atoms with E-state index in [1.54, 1.807) is 12.5 Å². The number of nitrogens with zero attached hydrogens (tertiary/aromatic N) is 5. The van der Waals surface area contributed by atoms with E-state index in [0.717, 1.165) is 17.2 Å². The molecule has 3 aromatic rings. The van der Waals surface area contributed by atoms with Gasteiger partial charge in [0.05, 0.1) is 30.3 Å². The van der Waals surface area contributed by atoms with E-state index in [1.807, 2.05) is 52.8 Å². The summed E-state index contributed by atoms with van der Waals surface area (Å²) in [4.78, 5) is 0. The average Bonchev–Trinajstić information content (AvgIpc) is 3.06. The summed E-state index contributed by atoms with van der Waals surface area (Å²) in [6.07, 6.45) is 5.43. The molecule has 0 atom stereocenters. The molecule has 1 aromatic carbocycles. The molecule has 0 amide bonds. The van der Waals surface area contributed by atoms with Crippen molar-refractivity contribution in [2.24, 2.45) is 7.05 Å². The molecule has 6 nitrogen and oxygen atoms in total. The highest BCUT2D eigenvalue weighted by atomic mass is 15.3. The summed E-state index contributed by atoms with van der Waals surface area (Å²) in [5.41, 5.74) is 1.99. The molecule has 6 heteroatoms. The number of anilines is 1. The number of nitrogens with one attached hydrogen (secondary N) is 1. The smallest absolute Gasteiger partial charge is 0.151 e. The van der Waals surface area contributed by atoms with Gasteiger partial charge in [-0.15, -0.1) is 10.2 Å². The molecule has 0 fully saturated rings. The molecular formula is C13H14N6. The number of hydrogen-bond donors (Lipinski definition) is 1. The Kier molecular flexibility index (Phi) is 2.97. The van der Waals surface area contributed by atoms with Gasteiger partial charge >= 0.3 is 0 Å². The van der Waals surface area contributed by atoms with Gasteiger partial charge in [-0.3, -0.25) is 0 Å². The lowest BCUT2D eigenvalue weighted by atomic mass is 10.3. The summed E-state index contributed by atoms with van der Waals surface area (Å²) in [6, 6.07) is 9.99. The van der Waals surface area contributed by atoms with Gasteiger partial charge in [0.1, 0.15) is 6.33 Å². The third kappa shape index (κ3) is 2.47. The largest absolute Gasteiger partial charge is 0.375 e. The van der Waals surface area contributed by atoms with Crippen LogP contribution in [0.2, 0.25) is 0 Å². The van der Waals surface area contributed by atoms with Crippen LogP contribution in [0.4, 0.5) is 5.69 Å². The standard InChI is InChI=1S/C13H14N6/c1-18-10-15-17-13(18)8-14-11-7-16-19(9-11)12-5-3-2-4-6-12/h2-7,9-10,14H,8H2,1H3. The minimum absolute atomic E-state index is 0.622. The fourth-order valence-electron chi connectivity index (χ4n) is 1.78. The second kappa shape index (κ2) is 4.93. The molecule has 0 spiro atoms. The first kappa shape index (κ1) is 11.5. The number of hydrogen-bond acceptors (Lipinski definition) is 4. The molecule has 0 aliphatic rings. The SMILES string of the molecule is Cn1cnnc1CNc1cnn(-c2ccccc2)c1. The van der Waals surface area contributed by atoms with E-state index in [-0.39, 0.29) is 0 Å². The van der Waals surface area contributed by atoms with Crippen LogP contribution in [-0.4, -0.2) is 24.5 Å². The predicted molar refractivity (Wildman–Crippen MR) is 71.9 cm³/mol. The minimum Gasteiger partial charge on any atom is -0.375 e. The van der Waals surface area contributed by atoms with E-state index in [1.165, 1.54) is 0 Å². The topological polar surface area (TPSA) is 60.6 Å². The van der Waals surface area contributed by atoms with Gasteiger partial charge in [-0.1, -0.05) is 18.2 Å². The molecule has 0 radical (unpaired) electrons. The van der Waals surface area contributed by atoms with Gasteiger partial charge in [0.15, 0.2) is 5.82 Å². The Labute approximate surface area is 110 Å². The van der Waals surface area contributed by atoms with Gasteiger partial charge < -0.3 is 9.88 Å². The van der Waals surface area contributed by atoms with Crippen LogP contribution in [0, 0.1) is 0 Å². The van der Waals surface area contributed by atoms with Crippen molar-refractivity contribution in [1.82, 2.24) is 24.5 Å². The van der Waals surface area contributed by atoms with Crippen molar-refractivity contribution in [2.45, 2.75) is 6.54 Å². The molecular weight excluding hydrogens is 240 g/mol. The molecule has 0 saturated carbocycles. The van der Waals surface area contributed by atoms with E-state index in [2.05, 4.69) is 20.6 Å². The van der Waals surface area contributed by atoms with Gasteiger partial charge in [-0.25, -0.2) is 4.68 Å². The Morgan fingerprint density at radius 2 is 2.05 bits per heavy atom. The number of aromatic nitrogens is 5. The predicted octanol–water partition coefficient (Wildman–Crippen LogP) is 1.61. The van der Waals surface area contributed by atoms with Crippen LogP contribution in [0.1, 0.15) is 5.82 Å². The summed E-state index contributed by atoms with van der Waals surface area (Å²) in [7, 11) is 1.92. The zero-order chi connectivity index (χ0) is 13.1. The monoisotopic (exact) mass is 254 g/mol. The second-order valence-electron chi connectivity index (χ2n) is 4.22. The highest BCUT2D eigenvalue weighted by Crippen LogP contribution is 2.11. The summed E-state index contributed by atoms with van der Waals surface area (Å²) in [6.45, 7) is 0.622. The Bertz CT molecular complexity index is 655. The van der Waals surface area contributed by atoms with Gasteiger partial charge in [-0.05, 0) is 12.1 Å². The average molecular weight is 254 g/mol. The van der Waals surface area contributed by atoms with Gasteiger partial charge in [0.25, 0.3) is 0 Å². The molecule has 2 heterocycles. The normalized spacial score (nSPS) is 10.6. The van der Waals surface area contributed by atoms with E-state index in [9.17, 15) is 0 Å². The molecule has 19 heavy (non-hydrogen) atoms. The van der Waals surface area contributed by atoms with E-state index < -0.39 is 0 Å². The van der Waals surface area contributed by atoms with E-state index in [0.29, 0.717) is 6.54 Å². The third-order valence-electron chi connectivity index (χ3n) is 2.86. The van der Waals surface area contributed by atoms with Gasteiger partial charge in [0.2, 0.25) is 0 Å². The van der Waals surface area contributed by atoms with Crippen molar-refractivity contribution in [3.05, 3.63) is 54.9 Å². The molecule has 0 unspecified atom stereocenters. The summed E-state index contributed by atoms with van der Waals surface area (Å²) < 4.78 is 3.72. The maximum atomic E-state index is 4.32. The number of rotatable bonds is 4. The minimum atomic E-state index is 0.622. The van der Waals surface area contributed by atoms with Crippen LogP contribution in [0.3, 0.4) is 0 Å². The first-order chi connectivity index (χ1) is 9.33. The fourth-order valence-corrected chi connectivity index (χ4v) is 1.78. The van der Waals surface area contributed by atoms with Crippen LogP contribution in [0.15, 0.2) is 49.1 Å². The second-order valence-corrected chi connectivity index (χ2v) is 4.22. The number of benzene rings is 1. The van der Waals surface area contributed by atoms with Crippen LogP contribution in [-0.2, 0) is 13.6 Å². The van der Waals surface area contributed by atoms with E-state index >= 15 is 0 Å². The zero-order valence-corrected chi connectivity index (χ0v) is 10.6. The molecule has 96 valence electrons. The van der Waals surface area contributed by atoms with Crippen molar-refractivity contribution >= 4 is 5.69 Å². The van der Waals surface area contributed by atoms with Crippen LogP contribution >= 0.6 is 0 Å². The summed E-state index contributed by atoms with van der Waals surface area (Å²) in [5, 5.41) is 15.4. The Morgan fingerprint density at radius 3 is 2.79 bits per heavy atom. The lowest BCUT2D eigenvalue weighted by Gasteiger charge is -2.02. The van der Waals surface area contributed by atoms with Crippen molar-refractivity contribution in [1.29, 1.82) is 0 Å². The molecule has 3 rings (SSSR count). The Balaban J connectivity index is 1.70. The van der Waals surface area contributed by atoms with Crippen LogP contribution in [0.5, 0.6) is 0 Å². The quantitative estimate of drug-likeness (QED) is 0.768. The number of para-hydroxylation sites is 1. The van der Waals surface area contributed by atoms with Crippen molar-refractivity contribution in [3.8, 4) is 5.69 Å². The molecule has 2 aromatic heterocycles. The lowest BCUT2D eigenvalue weighted by Crippen LogP contribution is -2.05. The summed E-state index contributed by atoms with van der Waals surface area (Å²) in [5.74, 6) is 0.882. The van der Waals surface area contributed by atoms with E-state index in [4.69, 9.17) is 0 Å². The van der Waals surface area contributed by atoms with Crippen molar-refractivity contribution < 1.29 is 0 Å². The highest BCUT2D eigenvalue weighted by molar-refractivity contribution is 5.42. The summed E-state index contributed by atoms with van der Waals surface area (Å²) >= 11 is 0. The Morgan fingerprint density at radius 1 is 1.21 bits per heavy atom. The van der Waals surface area contributed by atoms with Gasteiger partial charge in [0, 0.05) is 7.05 Å². The van der Waals surface area contributed by atoms with Crippen LogP contribution in [0.25, 0.3) is 5.69 Å². The first-order valence-corrected chi connectivity index (χ1v) is 6.00. The Hall–Kier alpha value is -2.63. The molecule has 1 N–H and O–H groups in total. The van der Waals surface area contributed by atoms with Crippen LogP contribution < -0.4 is 5.32 Å². The fraction of sp³-hybridized carbons (Fsp3) is 0.154. The first-order valence-electron chi connectivity index (χ1n) is 6.00. The highest BCUT2D eigenvalue weighted by Gasteiger charge is 2.03. The van der Waals surface area contributed by atoms with Crippen molar-refractivity contribution in [2.75, 3.05) is 5.32 Å². The van der Waals surface area contributed by atoms with Crippen molar-refractivity contribution in [3.63, 3.8) is 0 Å². The van der Waals surface area contributed by atoms with Gasteiger partial charge in [-0.2, -0.15) is 5.10 Å². The molecule has 0 aliphatic heterocycles. The lowest BCUT2D eigenvalue weighted by molar-refractivity contribution is 0.812. The number of aryl methyl sites for hydroxylation is 1. The molecule has 0 bridgehead atoms.